The first-order valence-electron chi connectivity index (χ1n) is 8.56. The van der Waals surface area contributed by atoms with Crippen LogP contribution >= 0.6 is 0 Å². The first-order chi connectivity index (χ1) is 11.7. The average Bonchev–Trinajstić information content (AvgIpc) is 2.87. The minimum absolute atomic E-state index is 0.736. The standard InChI is InChI=1S/C21H25N2O/c1-4-5-16-24-21-19(17-12-8-6-9-13-17)22(2)23(3)20(21)18-14-10-7-11-15-18/h6-15H,4-5,16H2,1-3H3/q+1. The van der Waals surface area contributed by atoms with E-state index in [0.717, 1.165) is 36.6 Å². The molecule has 0 saturated carbocycles. The summed E-state index contributed by atoms with van der Waals surface area (Å²) in [4.78, 5) is 0. The molecular weight excluding hydrogens is 296 g/mol. The van der Waals surface area contributed by atoms with Crippen molar-refractivity contribution < 1.29 is 9.42 Å². The highest BCUT2D eigenvalue weighted by Crippen LogP contribution is 2.37. The Bertz CT molecular complexity index is 729. The van der Waals surface area contributed by atoms with Crippen LogP contribution in [0.1, 0.15) is 19.8 Å². The van der Waals surface area contributed by atoms with Crippen LogP contribution in [0.2, 0.25) is 0 Å². The van der Waals surface area contributed by atoms with E-state index in [0.29, 0.717) is 0 Å². The molecule has 0 unspecified atom stereocenters. The molecule has 1 aromatic heterocycles. The lowest BCUT2D eigenvalue weighted by Gasteiger charge is -2.06. The van der Waals surface area contributed by atoms with Gasteiger partial charge in [-0.05, 0) is 18.6 Å². The molecule has 0 fully saturated rings. The zero-order valence-electron chi connectivity index (χ0n) is 14.7. The van der Waals surface area contributed by atoms with Crippen molar-refractivity contribution in [2.24, 2.45) is 14.1 Å². The fourth-order valence-electron chi connectivity index (χ4n) is 2.99. The van der Waals surface area contributed by atoms with Gasteiger partial charge in [0.2, 0.25) is 5.75 Å². The summed E-state index contributed by atoms with van der Waals surface area (Å²) in [5, 5.41) is 0. The molecule has 124 valence electrons. The molecule has 0 amide bonds. The zero-order valence-corrected chi connectivity index (χ0v) is 14.7. The van der Waals surface area contributed by atoms with Crippen LogP contribution in [0.4, 0.5) is 0 Å². The lowest BCUT2D eigenvalue weighted by molar-refractivity contribution is -0.740. The molecule has 0 aliphatic carbocycles. The molecule has 24 heavy (non-hydrogen) atoms. The maximum atomic E-state index is 6.28. The van der Waals surface area contributed by atoms with E-state index < -0.39 is 0 Å². The molecule has 3 nitrogen and oxygen atoms in total. The summed E-state index contributed by atoms with van der Waals surface area (Å²) in [5.41, 5.74) is 4.58. The molecule has 1 heterocycles. The van der Waals surface area contributed by atoms with E-state index >= 15 is 0 Å². The van der Waals surface area contributed by atoms with E-state index in [1.807, 2.05) is 12.1 Å². The van der Waals surface area contributed by atoms with Gasteiger partial charge in [0.1, 0.15) is 0 Å². The van der Waals surface area contributed by atoms with Crippen molar-refractivity contribution in [1.82, 2.24) is 4.68 Å². The third kappa shape index (κ3) is 3.07. The smallest absolute Gasteiger partial charge is 0.280 e. The van der Waals surface area contributed by atoms with Crippen LogP contribution in [0, 0.1) is 0 Å². The van der Waals surface area contributed by atoms with E-state index in [4.69, 9.17) is 4.74 Å². The van der Waals surface area contributed by atoms with E-state index in [-0.39, 0.29) is 0 Å². The fourth-order valence-corrected chi connectivity index (χ4v) is 2.99. The second-order valence-electron chi connectivity index (χ2n) is 6.01. The van der Waals surface area contributed by atoms with Gasteiger partial charge >= 0.3 is 0 Å². The van der Waals surface area contributed by atoms with E-state index in [1.54, 1.807) is 0 Å². The van der Waals surface area contributed by atoms with Crippen LogP contribution < -0.4 is 9.42 Å². The van der Waals surface area contributed by atoms with Gasteiger partial charge in [0.05, 0.1) is 19.2 Å². The second kappa shape index (κ2) is 7.35. The number of hydrogen-bond acceptors (Lipinski definition) is 1. The third-order valence-corrected chi connectivity index (χ3v) is 4.37. The molecule has 0 bridgehead atoms. The van der Waals surface area contributed by atoms with Crippen molar-refractivity contribution in [3.05, 3.63) is 60.7 Å². The number of aromatic nitrogens is 2. The normalized spacial score (nSPS) is 10.8. The second-order valence-corrected chi connectivity index (χ2v) is 6.01. The summed E-state index contributed by atoms with van der Waals surface area (Å²) in [7, 11) is 4.17. The molecule has 3 rings (SSSR count). The van der Waals surface area contributed by atoms with Crippen molar-refractivity contribution in [1.29, 1.82) is 0 Å². The van der Waals surface area contributed by atoms with Crippen LogP contribution in [-0.4, -0.2) is 11.3 Å². The van der Waals surface area contributed by atoms with Crippen LogP contribution in [0.3, 0.4) is 0 Å². The minimum atomic E-state index is 0.736. The maximum Gasteiger partial charge on any atom is 0.280 e. The lowest BCUT2D eigenvalue weighted by atomic mass is 10.1. The highest BCUT2D eigenvalue weighted by atomic mass is 16.5. The molecular formula is C21H25N2O+. The van der Waals surface area contributed by atoms with Gasteiger partial charge in [-0.2, -0.15) is 4.68 Å². The topological polar surface area (TPSA) is 18.0 Å². The van der Waals surface area contributed by atoms with Crippen LogP contribution in [0.25, 0.3) is 22.5 Å². The van der Waals surface area contributed by atoms with Gasteiger partial charge in [-0.3, -0.25) is 0 Å². The summed E-state index contributed by atoms with van der Waals surface area (Å²) in [6, 6.07) is 20.9. The summed E-state index contributed by atoms with van der Waals surface area (Å²) >= 11 is 0. The molecule has 0 aliphatic rings. The van der Waals surface area contributed by atoms with Crippen molar-refractivity contribution >= 4 is 0 Å². The first-order valence-corrected chi connectivity index (χ1v) is 8.56. The van der Waals surface area contributed by atoms with Gasteiger partial charge in [-0.1, -0.05) is 61.9 Å². The van der Waals surface area contributed by atoms with Gasteiger partial charge in [0, 0.05) is 5.56 Å². The van der Waals surface area contributed by atoms with Crippen molar-refractivity contribution in [2.45, 2.75) is 19.8 Å². The molecule has 0 N–H and O–H groups in total. The molecule has 0 atom stereocenters. The Morgan fingerprint density at radius 3 is 2.08 bits per heavy atom. The predicted octanol–water partition coefficient (Wildman–Crippen LogP) is 4.36. The van der Waals surface area contributed by atoms with Gasteiger partial charge in [0.25, 0.3) is 5.69 Å². The Hall–Kier alpha value is -2.55. The summed E-state index contributed by atoms with van der Waals surface area (Å²) in [6.45, 7) is 2.92. The summed E-state index contributed by atoms with van der Waals surface area (Å²) in [6.07, 6.45) is 2.18. The van der Waals surface area contributed by atoms with Gasteiger partial charge in [-0.15, -0.1) is 4.68 Å². The molecule has 3 heteroatoms. The summed E-state index contributed by atoms with van der Waals surface area (Å²) in [5.74, 6) is 0.964. The Labute approximate surface area is 144 Å². The molecule has 0 spiro atoms. The van der Waals surface area contributed by atoms with Crippen molar-refractivity contribution in [3.63, 3.8) is 0 Å². The maximum absolute atomic E-state index is 6.28. The van der Waals surface area contributed by atoms with Crippen molar-refractivity contribution in [3.8, 4) is 28.3 Å². The molecule has 0 saturated heterocycles. The van der Waals surface area contributed by atoms with Gasteiger partial charge in [0.15, 0.2) is 12.7 Å². The molecule has 2 aromatic carbocycles. The van der Waals surface area contributed by atoms with E-state index in [2.05, 4.69) is 78.9 Å². The van der Waals surface area contributed by atoms with Crippen LogP contribution in [0.5, 0.6) is 5.75 Å². The Balaban J connectivity index is 2.18. The Morgan fingerprint density at radius 1 is 0.917 bits per heavy atom. The highest BCUT2D eigenvalue weighted by molar-refractivity contribution is 5.76. The number of ether oxygens (including phenoxy) is 1. The van der Waals surface area contributed by atoms with E-state index in [9.17, 15) is 0 Å². The quantitative estimate of drug-likeness (QED) is 0.487. The van der Waals surface area contributed by atoms with E-state index in [1.165, 1.54) is 11.1 Å². The minimum Gasteiger partial charge on any atom is -0.485 e. The van der Waals surface area contributed by atoms with Crippen LogP contribution in [0.15, 0.2) is 60.7 Å². The predicted molar refractivity (Wildman–Crippen MR) is 97.9 cm³/mol. The molecule has 0 radical (unpaired) electrons. The highest BCUT2D eigenvalue weighted by Gasteiger charge is 2.29. The monoisotopic (exact) mass is 321 g/mol. The Morgan fingerprint density at radius 2 is 1.50 bits per heavy atom. The number of rotatable bonds is 6. The number of hydrogen-bond donors (Lipinski definition) is 0. The van der Waals surface area contributed by atoms with Gasteiger partial charge < -0.3 is 4.74 Å². The first kappa shape index (κ1) is 16.3. The van der Waals surface area contributed by atoms with Crippen molar-refractivity contribution in [2.75, 3.05) is 6.61 Å². The largest absolute Gasteiger partial charge is 0.485 e. The zero-order chi connectivity index (χ0) is 16.9. The number of nitrogens with zero attached hydrogens (tertiary/aromatic N) is 2. The SMILES string of the molecule is CCCCOc1c(-c2ccccc2)n(C)[n+](C)c1-c1ccccc1. The Kier molecular flexibility index (Phi) is 4.99. The summed E-state index contributed by atoms with van der Waals surface area (Å²) < 4.78 is 10.6. The average molecular weight is 321 g/mol. The number of benzene rings is 2. The van der Waals surface area contributed by atoms with Gasteiger partial charge in [-0.25, -0.2) is 0 Å². The molecule has 3 aromatic rings. The fraction of sp³-hybridized carbons (Fsp3) is 0.286. The lowest BCUT2D eigenvalue weighted by Crippen LogP contribution is -2.39. The van der Waals surface area contributed by atoms with Crippen LogP contribution in [-0.2, 0) is 14.1 Å². The molecule has 0 aliphatic heterocycles. The number of unbranched alkanes of at least 4 members (excludes halogenated alkanes) is 1. The third-order valence-electron chi connectivity index (χ3n) is 4.37.